The van der Waals surface area contributed by atoms with Gasteiger partial charge in [0.15, 0.2) is 17.4 Å². The van der Waals surface area contributed by atoms with E-state index in [4.69, 9.17) is 25.7 Å². The molecule has 0 spiro atoms. The van der Waals surface area contributed by atoms with Gasteiger partial charge in [-0.25, -0.2) is 19.4 Å². The lowest BCUT2D eigenvalue weighted by atomic mass is 9.83. The van der Waals surface area contributed by atoms with Gasteiger partial charge in [-0.2, -0.15) is 8.78 Å². The van der Waals surface area contributed by atoms with Crippen molar-refractivity contribution in [2.24, 2.45) is 16.5 Å². The molecule has 1 amide bonds. The summed E-state index contributed by atoms with van der Waals surface area (Å²) >= 11 is 0. The quantitative estimate of drug-likeness (QED) is 0.177. The molecule has 14 heteroatoms. The molecule has 2 atom stereocenters. The first-order valence-corrected chi connectivity index (χ1v) is 12.2. The van der Waals surface area contributed by atoms with Gasteiger partial charge < -0.3 is 20.8 Å². The number of nitrogens with zero attached hydrogens (tertiary/aromatic N) is 6. The summed E-state index contributed by atoms with van der Waals surface area (Å²) in [6.45, 7) is -3.04. The summed E-state index contributed by atoms with van der Waals surface area (Å²) in [5.41, 5.74) is 12.5. The number of carbonyl (C=O) groups is 1. The number of nitrogens with two attached hydrogens (primary N) is 2. The predicted molar refractivity (Wildman–Crippen MR) is 142 cm³/mol. The Morgan fingerprint density at radius 3 is 2.73 bits per heavy atom. The molecule has 2 unspecified atom stereocenters. The first-order chi connectivity index (χ1) is 19.4. The van der Waals surface area contributed by atoms with E-state index in [1.54, 1.807) is 6.07 Å². The number of primary amides is 1. The fourth-order valence-corrected chi connectivity index (χ4v) is 4.87. The van der Waals surface area contributed by atoms with E-state index in [2.05, 4.69) is 25.7 Å². The van der Waals surface area contributed by atoms with E-state index >= 15 is 0 Å². The van der Waals surface area contributed by atoms with Gasteiger partial charge in [-0.3, -0.25) is 20.2 Å². The van der Waals surface area contributed by atoms with Crippen LogP contribution in [0.3, 0.4) is 0 Å². The minimum Gasteiger partial charge on any atom is -0.432 e. The zero-order valence-corrected chi connectivity index (χ0v) is 21.1. The molecule has 0 aliphatic heterocycles. The van der Waals surface area contributed by atoms with Gasteiger partial charge in [-0.1, -0.05) is 6.42 Å². The summed E-state index contributed by atoms with van der Waals surface area (Å²) in [5.74, 6) is -0.0703. The van der Waals surface area contributed by atoms with E-state index in [1.807, 2.05) is 4.57 Å². The number of aromatic nitrogens is 5. The van der Waals surface area contributed by atoms with Gasteiger partial charge in [0.1, 0.15) is 29.1 Å². The molecule has 5 N–H and O–H groups in total. The molecule has 0 bridgehead atoms. The molecule has 0 saturated heterocycles. The van der Waals surface area contributed by atoms with Crippen molar-refractivity contribution in [3.05, 3.63) is 66.1 Å². The van der Waals surface area contributed by atoms with Crippen LogP contribution in [0.1, 0.15) is 49.0 Å². The first-order valence-electron chi connectivity index (χ1n) is 12.2. The number of amidine groups is 1. The molecule has 4 heterocycles. The zero-order valence-electron chi connectivity index (χ0n) is 21.1. The third kappa shape index (κ3) is 6.22. The van der Waals surface area contributed by atoms with Crippen LogP contribution >= 0.6 is 0 Å². The summed E-state index contributed by atoms with van der Waals surface area (Å²) in [5, 5.41) is 7.21. The highest BCUT2D eigenvalue weighted by Gasteiger charge is 2.30. The Morgan fingerprint density at radius 1 is 1.20 bits per heavy atom. The zero-order chi connectivity index (χ0) is 28.6. The number of imidazole rings is 1. The van der Waals surface area contributed by atoms with Crippen molar-refractivity contribution in [3.8, 4) is 17.3 Å². The summed E-state index contributed by atoms with van der Waals surface area (Å²) < 4.78 is 47.0. The van der Waals surface area contributed by atoms with Gasteiger partial charge in [-0.05, 0) is 49.6 Å². The molecule has 5 rings (SSSR count). The summed E-state index contributed by atoms with van der Waals surface area (Å²) in [4.78, 5) is 30.1. The van der Waals surface area contributed by atoms with Gasteiger partial charge in [0, 0.05) is 30.0 Å². The fraction of sp³-hybridized carbons (Fsp3) is 0.269. The smallest absolute Gasteiger partial charge is 0.387 e. The normalized spacial score (nSPS) is 17.2. The Morgan fingerprint density at radius 2 is 2.00 bits per heavy atom. The number of fused-ring (bicyclic) bond motifs is 1. The number of carbonyl (C=O) groups excluding carboxylic acids is 1. The third-order valence-electron chi connectivity index (χ3n) is 6.41. The lowest BCUT2D eigenvalue weighted by molar-refractivity contribution is -0.106. The van der Waals surface area contributed by atoms with E-state index in [-0.39, 0.29) is 41.5 Å². The molecule has 1 aliphatic carbocycles. The van der Waals surface area contributed by atoms with Crippen molar-refractivity contribution >= 4 is 29.6 Å². The maximum absolute atomic E-state index is 13.9. The lowest BCUT2D eigenvalue weighted by Gasteiger charge is -2.31. The van der Waals surface area contributed by atoms with Crippen LogP contribution in [0.4, 0.5) is 13.2 Å². The summed E-state index contributed by atoms with van der Waals surface area (Å²) in [6.07, 6.45) is 8.59. The predicted octanol–water partition coefficient (Wildman–Crippen LogP) is 3.94. The van der Waals surface area contributed by atoms with E-state index in [9.17, 15) is 13.2 Å². The summed E-state index contributed by atoms with van der Waals surface area (Å²) in [6, 6.07) is 7.25. The minimum atomic E-state index is -3.04. The molecular weight excluding hydrogens is 527 g/mol. The Balaban J connectivity index is 0.00000118. The number of halogens is 3. The summed E-state index contributed by atoms with van der Waals surface area (Å²) in [7, 11) is 0. The number of ether oxygens (including phenoxy) is 1. The second kappa shape index (κ2) is 12.8. The monoisotopic (exact) mass is 553 g/mol. The maximum atomic E-state index is 13.9. The number of hydrogen-bond donors (Lipinski definition) is 3. The van der Waals surface area contributed by atoms with E-state index in [0.29, 0.717) is 34.7 Å². The largest absolute Gasteiger partial charge is 0.432 e. The van der Waals surface area contributed by atoms with Crippen molar-refractivity contribution in [2.75, 3.05) is 0 Å². The molecule has 4 aromatic rings. The van der Waals surface area contributed by atoms with Crippen LogP contribution in [0.15, 0.2) is 53.9 Å². The third-order valence-corrected chi connectivity index (χ3v) is 6.41. The molecule has 0 aromatic carbocycles. The molecule has 1 aliphatic rings. The van der Waals surface area contributed by atoms with Crippen molar-refractivity contribution in [1.82, 2.24) is 24.5 Å². The van der Waals surface area contributed by atoms with Crippen LogP contribution in [0.25, 0.3) is 22.6 Å². The van der Waals surface area contributed by atoms with Crippen LogP contribution in [-0.4, -0.2) is 49.7 Å². The van der Waals surface area contributed by atoms with Gasteiger partial charge in [0.2, 0.25) is 6.41 Å². The Labute approximate surface area is 226 Å². The molecule has 1 fully saturated rings. The van der Waals surface area contributed by atoms with Crippen LogP contribution in [0, 0.1) is 11.2 Å². The average molecular weight is 554 g/mol. The second-order valence-corrected chi connectivity index (χ2v) is 8.79. The van der Waals surface area contributed by atoms with Crippen LogP contribution in [-0.2, 0) is 4.79 Å². The molecule has 4 aromatic heterocycles. The van der Waals surface area contributed by atoms with Crippen molar-refractivity contribution in [2.45, 2.75) is 44.3 Å². The van der Waals surface area contributed by atoms with E-state index in [0.717, 1.165) is 25.6 Å². The van der Waals surface area contributed by atoms with Crippen LogP contribution < -0.4 is 16.2 Å². The lowest BCUT2D eigenvalue weighted by Crippen LogP contribution is -2.20. The number of aliphatic imine (C=N–C) groups is 1. The highest BCUT2D eigenvalue weighted by molar-refractivity contribution is 6.01. The number of hydrogen-bond acceptors (Lipinski definition) is 7. The highest BCUT2D eigenvalue weighted by Crippen LogP contribution is 2.42. The van der Waals surface area contributed by atoms with Crippen LogP contribution in [0.2, 0.25) is 0 Å². The average Bonchev–Trinajstić information content (AvgIpc) is 3.32. The molecule has 0 radical (unpaired) electrons. The topological polar surface area (TPSA) is 171 Å². The van der Waals surface area contributed by atoms with Crippen molar-refractivity contribution in [1.29, 1.82) is 5.41 Å². The van der Waals surface area contributed by atoms with Crippen LogP contribution in [0.5, 0.6) is 5.75 Å². The SMILES string of the molecule is N=CN=C(N)c1cc2c(cn1)nc(-c1ncccc1OC(F)F)n2C1CCCC(c2cc(F)ccn2)C1.NC=O. The van der Waals surface area contributed by atoms with Gasteiger partial charge in [0.05, 0.1) is 11.7 Å². The number of nitrogens with one attached hydrogen (secondary N) is 1. The van der Waals surface area contributed by atoms with Crippen molar-refractivity contribution < 1.29 is 22.7 Å². The number of pyridine rings is 3. The molecule has 11 nitrogen and oxygen atoms in total. The van der Waals surface area contributed by atoms with E-state index < -0.39 is 6.61 Å². The van der Waals surface area contributed by atoms with Gasteiger partial charge in [0.25, 0.3) is 0 Å². The van der Waals surface area contributed by atoms with E-state index in [1.165, 1.54) is 42.9 Å². The van der Waals surface area contributed by atoms with Gasteiger partial charge in [-0.15, -0.1) is 0 Å². The number of rotatable bonds is 7. The Bertz CT molecular complexity index is 1530. The minimum absolute atomic E-state index is 0.00822. The Hall–Kier alpha value is -4.88. The molecular formula is C26H26F3N9O2. The number of alkyl halides is 2. The maximum Gasteiger partial charge on any atom is 0.387 e. The molecule has 1 saturated carbocycles. The fourth-order valence-electron chi connectivity index (χ4n) is 4.87. The van der Waals surface area contributed by atoms with Crippen molar-refractivity contribution in [3.63, 3.8) is 0 Å². The van der Waals surface area contributed by atoms with Gasteiger partial charge >= 0.3 is 6.61 Å². The second-order valence-electron chi connectivity index (χ2n) is 8.79. The first kappa shape index (κ1) is 28.1. The molecule has 40 heavy (non-hydrogen) atoms. The Kier molecular flexibility index (Phi) is 8.99. The molecule has 208 valence electrons. The standard InChI is InChI=1S/C25H23F3N8O.CH3NO/c26-15-6-8-31-17(10-15)14-3-1-4-16(9-14)36-20-11-18(23(30)34-13-29)33-12-19(20)35-24(36)22-21(37-25(27)28)5-2-7-32-22;2-1-3/h2,5-8,10-14,16,25H,1,3-4,9H2,(H3,29,30,34);1H,(H2,2,3). The highest BCUT2D eigenvalue weighted by atomic mass is 19.3. The number of amides is 1.